The highest BCUT2D eigenvalue weighted by Crippen LogP contribution is 2.57. The molecular formula is C59H71N5. The number of hydrogen-bond acceptors (Lipinski definition) is 5. The molecule has 1 unspecified atom stereocenters. The Morgan fingerprint density at radius 3 is 2.08 bits per heavy atom. The van der Waals surface area contributed by atoms with Gasteiger partial charge in [-0.05, 0) is 119 Å². The first-order chi connectivity index (χ1) is 31.5. The van der Waals surface area contributed by atoms with Gasteiger partial charge in [-0.2, -0.15) is 0 Å². The molecule has 5 aromatic carbocycles. The predicted octanol–water partition coefficient (Wildman–Crippen LogP) is 16.5. The maximum absolute atomic E-state index is 3.88. The van der Waals surface area contributed by atoms with E-state index in [0.717, 1.165) is 55.7 Å². The van der Waals surface area contributed by atoms with E-state index >= 15 is 0 Å². The first-order valence-corrected chi connectivity index (χ1v) is 23.9. The third kappa shape index (κ3) is 9.61. The minimum Gasteiger partial charge on any atom is -0.366 e. The van der Waals surface area contributed by atoms with Crippen molar-refractivity contribution >= 4 is 22.7 Å². The average Bonchev–Trinajstić information content (AvgIpc) is 3.64. The summed E-state index contributed by atoms with van der Waals surface area (Å²) in [6.07, 6.45) is 22.8. The molecular weight excluding hydrogens is 779 g/mol. The van der Waals surface area contributed by atoms with Gasteiger partial charge in [0.1, 0.15) is 6.17 Å². The van der Waals surface area contributed by atoms with Crippen LogP contribution < -0.4 is 26.4 Å². The fourth-order valence-corrected chi connectivity index (χ4v) is 9.16. The molecule has 0 aromatic heterocycles. The molecule has 332 valence electrons. The molecule has 1 atom stereocenters. The largest absolute Gasteiger partial charge is 0.366 e. The van der Waals surface area contributed by atoms with Crippen molar-refractivity contribution in [3.05, 3.63) is 192 Å². The van der Waals surface area contributed by atoms with Gasteiger partial charge in [-0.25, -0.2) is 0 Å². The van der Waals surface area contributed by atoms with Crippen molar-refractivity contribution in [2.75, 3.05) is 22.3 Å². The van der Waals surface area contributed by atoms with Crippen LogP contribution in [0.1, 0.15) is 117 Å². The van der Waals surface area contributed by atoms with Crippen molar-refractivity contribution in [3.8, 4) is 33.4 Å². The maximum atomic E-state index is 3.88. The minimum atomic E-state index is -0.240. The lowest BCUT2D eigenvalue weighted by atomic mass is 9.77. The van der Waals surface area contributed by atoms with E-state index in [-0.39, 0.29) is 11.6 Å². The molecule has 0 saturated carbocycles. The number of benzene rings is 5. The van der Waals surface area contributed by atoms with Gasteiger partial charge >= 0.3 is 0 Å². The van der Waals surface area contributed by atoms with Crippen LogP contribution in [0, 0.1) is 0 Å². The average molecular weight is 850 g/mol. The van der Waals surface area contributed by atoms with Crippen molar-refractivity contribution < 1.29 is 0 Å². The smallest absolute Gasteiger partial charge is 0.103 e. The summed E-state index contributed by atoms with van der Waals surface area (Å²) in [6.45, 7) is 23.2. The molecule has 5 heteroatoms. The van der Waals surface area contributed by atoms with Crippen LogP contribution in [0.4, 0.5) is 22.7 Å². The molecule has 4 N–H and O–H groups in total. The summed E-state index contributed by atoms with van der Waals surface area (Å²) in [6, 6.07) is 38.2. The Morgan fingerprint density at radius 1 is 0.688 bits per heavy atom. The normalized spacial score (nSPS) is 16.7. The van der Waals surface area contributed by atoms with Crippen molar-refractivity contribution in [2.24, 2.45) is 0 Å². The lowest BCUT2D eigenvalue weighted by molar-refractivity contribution is 0.479. The van der Waals surface area contributed by atoms with Crippen molar-refractivity contribution in [1.29, 1.82) is 0 Å². The zero-order valence-electron chi connectivity index (χ0n) is 39.9. The fraction of sp³-hybridized carbons (Fsp3) is 0.288. The zero-order chi connectivity index (χ0) is 45.6. The predicted molar refractivity (Wildman–Crippen MR) is 280 cm³/mol. The Morgan fingerprint density at radius 2 is 1.38 bits per heavy atom. The first kappa shape index (κ1) is 47.2. The number of allylic oxidation sites excluding steroid dienone is 9. The van der Waals surface area contributed by atoms with Crippen molar-refractivity contribution in [3.63, 3.8) is 0 Å². The second kappa shape index (κ2) is 22.4. The van der Waals surface area contributed by atoms with Gasteiger partial charge in [0.15, 0.2) is 0 Å². The molecule has 5 nitrogen and oxygen atoms in total. The second-order valence-electron chi connectivity index (χ2n) is 16.1. The van der Waals surface area contributed by atoms with Gasteiger partial charge in [0.25, 0.3) is 0 Å². The van der Waals surface area contributed by atoms with Gasteiger partial charge < -0.3 is 15.6 Å². The number of rotatable bonds is 5. The molecule has 10 rings (SSSR count). The Bertz CT molecular complexity index is 2530. The zero-order valence-corrected chi connectivity index (χ0v) is 39.9. The van der Waals surface area contributed by atoms with Crippen LogP contribution in [0.25, 0.3) is 33.4 Å². The molecule has 3 aliphatic carbocycles. The number of fused-ring (bicyclic) bond motifs is 8. The number of nitrogens with one attached hydrogen (secondary N) is 4. The fourth-order valence-electron chi connectivity index (χ4n) is 9.16. The monoisotopic (exact) mass is 850 g/mol. The summed E-state index contributed by atoms with van der Waals surface area (Å²) in [7, 11) is 0. The summed E-state index contributed by atoms with van der Waals surface area (Å²) in [4.78, 5) is 2.51. The second-order valence-corrected chi connectivity index (χ2v) is 16.1. The van der Waals surface area contributed by atoms with E-state index < -0.39 is 0 Å². The van der Waals surface area contributed by atoms with E-state index in [0.29, 0.717) is 0 Å². The first-order valence-electron chi connectivity index (χ1n) is 23.9. The molecule has 0 fully saturated rings. The highest BCUT2D eigenvalue weighted by Gasteiger charge is 2.40. The molecule has 2 aliphatic heterocycles. The highest BCUT2D eigenvalue weighted by atomic mass is 15.4. The van der Waals surface area contributed by atoms with Crippen molar-refractivity contribution in [2.45, 2.75) is 106 Å². The van der Waals surface area contributed by atoms with E-state index in [4.69, 9.17) is 0 Å². The van der Waals surface area contributed by atoms with E-state index in [1.807, 2.05) is 47.6 Å². The molecule has 64 heavy (non-hydrogen) atoms. The Kier molecular flexibility index (Phi) is 16.5. The van der Waals surface area contributed by atoms with Crippen LogP contribution in [0.2, 0.25) is 0 Å². The Balaban J connectivity index is 0.000000631. The summed E-state index contributed by atoms with van der Waals surface area (Å²) >= 11 is 0. The minimum absolute atomic E-state index is 0.0265. The van der Waals surface area contributed by atoms with Gasteiger partial charge in [0.05, 0.1) is 22.7 Å². The van der Waals surface area contributed by atoms with E-state index in [1.54, 1.807) is 0 Å². The van der Waals surface area contributed by atoms with Crippen LogP contribution in [-0.4, -0.2) is 6.54 Å². The summed E-state index contributed by atoms with van der Waals surface area (Å²) < 4.78 is 0. The summed E-state index contributed by atoms with van der Waals surface area (Å²) in [5, 5.41) is 7.65. The Hall–Kier alpha value is -6.30. The summed E-state index contributed by atoms with van der Waals surface area (Å²) in [5.74, 6) is 0. The molecule has 0 bridgehead atoms. The van der Waals surface area contributed by atoms with Crippen LogP contribution in [-0.2, 0) is 5.41 Å². The third-order valence-electron chi connectivity index (χ3n) is 12.1. The standard InChI is InChI=1S/C49H45N5.C4H8.3C2H6/c1-49(2)40-26-23-34(32-14-6-3-7-15-32)30-39(40)37-25-27-43-46(47(37)49)38-24-22-35(48-50-29-28-41(51-48)33-16-8-4-9-17-33)31-45(38)54(36-18-10-5-11-19-36)44-21-13-12-20-42(44)52-53-43;1-3-4-2;3*1-2/h3-8,10,12-16,18,20-28,30-31,48,50-53H,9,11,17,19,29H2,1-2H3;3H,1,4H2,2H3;3*1-2H3. The molecule has 0 saturated heterocycles. The molecule has 5 aromatic rings. The topological polar surface area (TPSA) is 51.4 Å². The SMILES string of the molecule is C=CCC.CC.CC.CC.CC1(C)c2ccc(-c3ccccc3)cc2-c2ccc3c(c21)-c1ccc(C2NCC=C(C4=CC=CCC4)N2)cc1N(C1=CC=CCC1)c1ccccc1NN3. The van der Waals surface area contributed by atoms with Gasteiger partial charge in [-0.1, -0.05) is 172 Å². The number of anilines is 4. The maximum Gasteiger partial charge on any atom is 0.103 e. The number of nitrogens with zero attached hydrogens (tertiary/aromatic N) is 1. The summed E-state index contributed by atoms with van der Waals surface area (Å²) in [5.41, 5.74) is 26.9. The van der Waals surface area contributed by atoms with Gasteiger partial charge in [0.2, 0.25) is 0 Å². The quantitative estimate of drug-likeness (QED) is 0.133. The Labute approximate surface area is 385 Å². The van der Waals surface area contributed by atoms with Gasteiger partial charge in [0, 0.05) is 34.5 Å². The van der Waals surface area contributed by atoms with Crippen LogP contribution >= 0.6 is 0 Å². The molecule has 5 aliphatic rings. The lowest BCUT2D eigenvalue weighted by Crippen LogP contribution is -2.38. The molecule has 2 heterocycles. The van der Waals surface area contributed by atoms with Crippen LogP contribution in [0.3, 0.4) is 0 Å². The van der Waals surface area contributed by atoms with E-state index in [9.17, 15) is 0 Å². The number of para-hydroxylation sites is 2. The van der Waals surface area contributed by atoms with Crippen molar-refractivity contribution in [1.82, 2.24) is 10.6 Å². The number of hydrazine groups is 1. The molecule has 0 radical (unpaired) electrons. The van der Waals surface area contributed by atoms with Gasteiger partial charge in [-0.3, -0.25) is 10.7 Å². The highest BCUT2D eigenvalue weighted by molar-refractivity contribution is 6.01. The molecule has 0 amide bonds. The molecule has 0 spiro atoms. The lowest BCUT2D eigenvalue weighted by Gasteiger charge is -2.34. The number of hydrogen-bond donors (Lipinski definition) is 4. The van der Waals surface area contributed by atoms with Crippen LogP contribution in [0.5, 0.6) is 0 Å². The van der Waals surface area contributed by atoms with Crippen LogP contribution in [0.15, 0.2) is 175 Å². The third-order valence-corrected chi connectivity index (χ3v) is 12.1. The van der Waals surface area contributed by atoms with E-state index in [2.05, 4.69) is 199 Å². The van der Waals surface area contributed by atoms with E-state index in [1.165, 1.54) is 72.7 Å². The van der Waals surface area contributed by atoms with Gasteiger partial charge in [-0.15, -0.1) is 6.58 Å².